The zero-order valence-electron chi connectivity index (χ0n) is 18.0. The number of hydrogen-bond acceptors (Lipinski definition) is 6. The van der Waals surface area contributed by atoms with E-state index in [0.717, 1.165) is 17.3 Å². The molecular formula is C22H24F2N4O3S. The van der Waals surface area contributed by atoms with Crippen LogP contribution in [0.3, 0.4) is 0 Å². The third-order valence-electron chi connectivity index (χ3n) is 4.80. The van der Waals surface area contributed by atoms with Gasteiger partial charge in [0.05, 0.1) is 18.2 Å². The largest absolute Gasteiger partial charge is 0.463 e. The van der Waals surface area contributed by atoms with Gasteiger partial charge in [-0.25, -0.2) is 28.3 Å². The molecule has 10 heteroatoms. The number of halogens is 2. The Balaban J connectivity index is 2.05. The first-order valence-corrected chi connectivity index (χ1v) is 11.1. The Hall–Kier alpha value is -3.01. The summed E-state index contributed by atoms with van der Waals surface area (Å²) >= 11 is 1.09. The van der Waals surface area contributed by atoms with Gasteiger partial charge in [-0.1, -0.05) is 42.1 Å². The van der Waals surface area contributed by atoms with E-state index >= 15 is 0 Å². The lowest BCUT2D eigenvalue weighted by atomic mass is 9.95. The number of rotatable bonds is 8. The van der Waals surface area contributed by atoms with Crippen LogP contribution < -0.4 is 5.32 Å². The summed E-state index contributed by atoms with van der Waals surface area (Å²) in [6.07, 6.45) is -2.72. The van der Waals surface area contributed by atoms with Crippen molar-refractivity contribution in [3.8, 4) is 0 Å². The number of alkyl halides is 2. The summed E-state index contributed by atoms with van der Waals surface area (Å²) < 4.78 is 31.6. The van der Waals surface area contributed by atoms with Gasteiger partial charge in [-0.15, -0.1) is 0 Å². The smallest absolute Gasteiger partial charge is 0.338 e. The SMILES string of the molecule is CCOC(=O)C1=C(CSc2nc(C)cc(C(F)F)n2)N(CC)C(=O)NC1c1ccccc1. The average Bonchev–Trinajstić information content (AvgIpc) is 2.77. The number of ether oxygens (including phenoxy) is 1. The molecule has 2 aromatic rings. The number of amides is 2. The third kappa shape index (κ3) is 5.24. The fraction of sp³-hybridized carbons (Fsp3) is 0.364. The molecule has 0 spiro atoms. The van der Waals surface area contributed by atoms with Gasteiger partial charge in [0.25, 0.3) is 6.43 Å². The Bertz CT molecular complexity index is 1020. The number of benzene rings is 1. The number of nitrogens with zero attached hydrogens (tertiary/aromatic N) is 3. The number of carbonyl (C=O) groups is 2. The number of nitrogens with one attached hydrogen (secondary N) is 1. The zero-order valence-corrected chi connectivity index (χ0v) is 18.8. The van der Waals surface area contributed by atoms with Crippen molar-refractivity contribution < 1.29 is 23.1 Å². The molecule has 1 N–H and O–H groups in total. The predicted molar refractivity (Wildman–Crippen MR) is 116 cm³/mol. The van der Waals surface area contributed by atoms with E-state index in [1.54, 1.807) is 20.8 Å². The van der Waals surface area contributed by atoms with Crippen molar-refractivity contribution in [2.45, 2.75) is 38.4 Å². The monoisotopic (exact) mass is 462 g/mol. The number of urea groups is 1. The van der Waals surface area contributed by atoms with Crippen LogP contribution in [0, 0.1) is 6.92 Å². The zero-order chi connectivity index (χ0) is 23.3. The molecule has 32 heavy (non-hydrogen) atoms. The summed E-state index contributed by atoms with van der Waals surface area (Å²) in [5, 5.41) is 3.02. The van der Waals surface area contributed by atoms with Crippen molar-refractivity contribution >= 4 is 23.8 Å². The van der Waals surface area contributed by atoms with Crippen LogP contribution in [0.15, 0.2) is 52.8 Å². The molecule has 1 aromatic heterocycles. The number of carbonyl (C=O) groups excluding carboxylic acids is 2. The first-order chi connectivity index (χ1) is 15.3. The van der Waals surface area contributed by atoms with Crippen LogP contribution >= 0.6 is 11.8 Å². The fourth-order valence-corrected chi connectivity index (χ4v) is 4.37. The summed E-state index contributed by atoms with van der Waals surface area (Å²) in [7, 11) is 0. The standard InChI is InChI=1S/C22H24F2N4O3S/c1-4-28-16(12-32-21-25-13(3)11-15(26-21)19(23)24)17(20(29)31-5-2)18(27-22(28)30)14-9-7-6-8-10-14/h6-11,18-19H,4-5,12H2,1-3H3,(H,27,30). The molecule has 1 aromatic carbocycles. The van der Waals surface area contributed by atoms with E-state index in [-0.39, 0.29) is 29.2 Å². The van der Waals surface area contributed by atoms with Crippen LogP contribution in [0.5, 0.6) is 0 Å². The van der Waals surface area contributed by atoms with E-state index in [0.29, 0.717) is 23.5 Å². The van der Waals surface area contributed by atoms with Gasteiger partial charge >= 0.3 is 12.0 Å². The Labute approximate surface area is 189 Å². The van der Waals surface area contributed by atoms with Crippen LogP contribution in [0.4, 0.5) is 13.6 Å². The second-order valence-corrected chi connectivity index (χ2v) is 7.87. The molecular weight excluding hydrogens is 438 g/mol. The third-order valence-corrected chi connectivity index (χ3v) is 5.66. The lowest BCUT2D eigenvalue weighted by Gasteiger charge is -2.36. The molecule has 7 nitrogen and oxygen atoms in total. The Morgan fingerprint density at radius 3 is 2.59 bits per heavy atom. The molecule has 0 bridgehead atoms. The number of thioether (sulfide) groups is 1. The topological polar surface area (TPSA) is 84.4 Å². The van der Waals surface area contributed by atoms with Gasteiger partial charge in [0.2, 0.25) is 0 Å². The molecule has 170 valence electrons. The summed E-state index contributed by atoms with van der Waals surface area (Å²) in [5.41, 5.74) is 1.52. The molecule has 0 saturated carbocycles. The summed E-state index contributed by atoms with van der Waals surface area (Å²) in [4.78, 5) is 35.4. The maximum atomic E-state index is 13.2. The van der Waals surface area contributed by atoms with E-state index < -0.39 is 18.4 Å². The van der Waals surface area contributed by atoms with E-state index in [1.807, 2.05) is 30.3 Å². The van der Waals surface area contributed by atoms with Crippen molar-refractivity contribution in [1.82, 2.24) is 20.2 Å². The van der Waals surface area contributed by atoms with Gasteiger partial charge in [-0.3, -0.25) is 4.90 Å². The summed E-state index contributed by atoms with van der Waals surface area (Å²) in [5.74, 6) is -0.418. The van der Waals surface area contributed by atoms with Crippen LogP contribution in [-0.4, -0.2) is 45.8 Å². The lowest BCUT2D eigenvalue weighted by molar-refractivity contribution is -0.139. The normalized spacial score (nSPS) is 16.4. The molecule has 2 amide bonds. The summed E-state index contributed by atoms with van der Waals surface area (Å²) in [6, 6.07) is 9.28. The molecule has 0 saturated heterocycles. The summed E-state index contributed by atoms with van der Waals surface area (Å²) in [6.45, 7) is 5.58. The van der Waals surface area contributed by atoms with E-state index in [1.165, 1.54) is 11.0 Å². The minimum Gasteiger partial charge on any atom is -0.463 e. The van der Waals surface area contributed by atoms with Crippen molar-refractivity contribution in [3.63, 3.8) is 0 Å². The van der Waals surface area contributed by atoms with Gasteiger partial charge in [0.15, 0.2) is 5.16 Å². The van der Waals surface area contributed by atoms with Gasteiger partial charge in [-0.05, 0) is 32.4 Å². The van der Waals surface area contributed by atoms with Gasteiger partial charge in [0, 0.05) is 23.7 Å². The fourth-order valence-electron chi connectivity index (χ4n) is 3.41. The Kier molecular flexibility index (Phi) is 7.79. The van der Waals surface area contributed by atoms with Crippen molar-refractivity contribution in [2.24, 2.45) is 0 Å². The van der Waals surface area contributed by atoms with Crippen LogP contribution in [-0.2, 0) is 9.53 Å². The van der Waals surface area contributed by atoms with Gasteiger partial charge in [-0.2, -0.15) is 0 Å². The van der Waals surface area contributed by atoms with Crippen LogP contribution in [0.25, 0.3) is 0 Å². The van der Waals surface area contributed by atoms with Crippen molar-refractivity contribution in [1.29, 1.82) is 0 Å². The number of hydrogen-bond donors (Lipinski definition) is 1. The molecule has 0 aliphatic carbocycles. The highest BCUT2D eigenvalue weighted by atomic mass is 32.2. The van der Waals surface area contributed by atoms with Crippen molar-refractivity contribution in [3.05, 3.63) is 64.6 Å². The molecule has 2 heterocycles. The highest BCUT2D eigenvalue weighted by molar-refractivity contribution is 7.99. The van der Waals surface area contributed by atoms with E-state index in [2.05, 4.69) is 15.3 Å². The first-order valence-electron chi connectivity index (χ1n) is 10.1. The molecule has 0 fully saturated rings. The second kappa shape index (κ2) is 10.5. The van der Waals surface area contributed by atoms with Gasteiger partial charge in [0.1, 0.15) is 5.69 Å². The quantitative estimate of drug-likeness (QED) is 0.355. The Morgan fingerprint density at radius 1 is 1.25 bits per heavy atom. The van der Waals surface area contributed by atoms with E-state index in [4.69, 9.17) is 4.74 Å². The number of esters is 1. The number of aryl methyl sites for hydroxylation is 1. The maximum Gasteiger partial charge on any atom is 0.338 e. The molecule has 3 rings (SSSR count). The lowest BCUT2D eigenvalue weighted by Crippen LogP contribution is -2.49. The Morgan fingerprint density at radius 2 is 1.97 bits per heavy atom. The predicted octanol–water partition coefficient (Wildman–Crippen LogP) is 4.42. The van der Waals surface area contributed by atoms with E-state index in [9.17, 15) is 18.4 Å². The van der Waals surface area contributed by atoms with Crippen molar-refractivity contribution in [2.75, 3.05) is 18.9 Å². The second-order valence-electron chi connectivity index (χ2n) is 6.92. The maximum absolute atomic E-state index is 13.2. The molecule has 1 aliphatic rings. The van der Waals surface area contributed by atoms with Crippen LogP contribution in [0.2, 0.25) is 0 Å². The molecule has 1 atom stereocenters. The average molecular weight is 463 g/mol. The first kappa shape index (κ1) is 23.6. The number of aromatic nitrogens is 2. The minimum atomic E-state index is -2.72. The highest BCUT2D eigenvalue weighted by Gasteiger charge is 2.37. The van der Waals surface area contributed by atoms with Gasteiger partial charge < -0.3 is 10.1 Å². The molecule has 1 aliphatic heterocycles. The van der Waals surface area contributed by atoms with Crippen LogP contribution in [0.1, 0.15) is 43.3 Å². The minimum absolute atomic E-state index is 0.130. The molecule has 1 unspecified atom stereocenters. The molecule has 0 radical (unpaired) electrons. The highest BCUT2D eigenvalue weighted by Crippen LogP contribution is 2.34.